The number of aliphatic hydroxyl groups excluding tert-OH is 1. The van der Waals surface area contributed by atoms with Gasteiger partial charge in [-0.1, -0.05) is 0 Å². The third kappa shape index (κ3) is 1.78. The number of hydrogen-bond acceptors (Lipinski definition) is 3. The predicted molar refractivity (Wildman–Crippen MR) is 61.2 cm³/mol. The molecule has 0 bridgehead atoms. The second kappa shape index (κ2) is 3.89. The summed E-state index contributed by atoms with van der Waals surface area (Å²) in [5.41, 5.74) is -0.144. The summed E-state index contributed by atoms with van der Waals surface area (Å²) >= 11 is 0. The van der Waals surface area contributed by atoms with Crippen LogP contribution in [0.2, 0.25) is 0 Å². The van der Waals surface area contributed by atoms with Crippen molar-refractivity contribution >= 4 is 6.03 Å². The summed E-state index contributed by atoms with van der Waals surface area (Å²) < 4.78 is 0. The van der Waals surface area contributed by atoms with E-state index >= 15 is 0 Å². The molecule has 2 rings (SSSR count). The Hall–Kier alpha value is -0.810. The van der Waals surface area contributed by atoms with Crippen LogP contribution in [-0.4, -0.2) is 64.8 Å². The zero-order valence-corrected chi connectivity index (χ0v) is 10.2. The van der Waals surface area contributed by atoms with E-state index in [9.17, 15) is 9.90 Å². The average Bonchev–Trinajstić information content (AvgIpc) is 2.56. The normalized spacial score (nSPS) is 30.9. The number of piperazine rings is 1. The Labute approximate surface area is 96.4 Å². The molecular formula is C11H21N3O2. The van der Waals surface area contributed by atoms with Gasteiger partial charge in [-0.15, -0.1) is 0 Å². The lowest BCUT2D eigenvalue weighted by atomic mass is 10.0. The van der Waals surface area contributed by atoms with Crippen molar-refractivity contribution in [1.82, 2.24) is 15.1 Å². The predicted octanol–water partition coefficient (Wildman–Crippen LogP) is -0.145. The summed E-state index contributed by atoms with van der Waals surface area (Å²) in [4.78, 5) is 16.0. The molecule has 0 unspecified atom stereocenters. The molecule has 2 N–H and O–H groups in total. The molecule has 5 heteroatoms. The molecule has 2 heterocycles. The smallest absolute Gasteiger partial charge is 0.320 e. The van der Waals surface area contributed by atoms with Crippen LogP contribution in [0.1, 0.15) is 20.8 Å². The Morgan fingerprint density at radius 1 is 1.50 bits per heavy atom. The number of hydrogen-bond donors (Lipinski definition) is 2. The molecule has 2 amide bonds. The molecule has 16 heavy (non-hydrogen) atoms. The third-order valence-corrected chi connectivity index (χ3v) is 3.48. The summed E-state index contributed by atoms with van der Waals surface area (Å²) in [6.45, 7) is 8.45. The number of fused-ring (bicyclic) bond motifs is 1. The number of nitrogens with one attached hydrogen (secondary N) is 1. The fraction of sp³-hybridized carbons (Fsp3) is 0.909. The van der Waals surface area contributed by atoms with Gasteiger partial charge < -0.3 is 20.2 Å². The summed E-state index contributed by atoms with van der Waals surface area (Å²) in [6.07, 6.45) is 0. The number of amides is 2. The Kier molecular flexibility index (Phi) is 2.84. The van der Waals surface area contributed by atoms with Gasteiger partial charge in [-0.05, 0) is 20.8 Å². The quantitative estimate of drug-likeness (QED) is 0.655. The highest BCUT2D eigenvalue weighted by Gasteiger charge is 2.46. The van der Waals surface area contributed by atoms with Gasteiger partial charge in [0.15, 0.2) is 0 Å². The van der Waals surface area contributed by atoms with Crippen LogP contribution in [0.4, 0.5) is 4.79 Å². The first-order chi connectivity index (χ1) is 7.45. The van der Waals surface area contributed by atoms with Gasteiger partial charge in [-0.3, -0.25) is 0 Å². The second-order valence-corrected chi connectivity index (χ2v) is 5.57. The molecule has 2 aliphatic heterocycles. The van der Waals surface area contributed by atoms with Crippen molar-refractivity contribution in [2.45, 2.75) is 38.4 Å². The Morgan fingerprint density at radius 2 is 2.19 bits per heavy atom. The molecule has 0 aromatic rings. The first-order valence-electron chi connectivity index (χ1n) is 5.87. The Morgan fingerprint density at radius 3 is 2.75 bits per heavy atom. The van der Waals surface area contributed by atoms with Crippen LogP contribution in [0.25, 0.3) is 0 Å². The minimum absolute atomic E-state index is 0.0186. The fourth-order valence-corrected chi connectivity index (χ4v) is 2.52. The van der Waals surface area contributed by atoms with Crippen LogP contribution in [0.3, 0.4) is 0 Å². The molecule has 0 aliphatic carbocycles. The van der Waals surface area contributed by atoms with E-state index in [-0.39, 0.29) is 30.3 Å². The lowest BCUT2D eigenvalue weighted by Gasteiger charge is -2.35. The highest BCUT2D eigenvalue weighted by atomic mass is 16.3. The van der Waals surface area contributed by atoms with Gasteiger partial charge in [0.25, 0.3) is 0 Å². The number of nitrogens with zero attached hydrogens (tertiary/aromatic N) is 2. The maximum absolute atomic E-state index is 12.2. The minimum atomic E-state index is -0.144. The summed E-state index contributed by atoms with van der Waals surface area (Å²) in [6, 6.07) is 0.243. The van der Waals surface area contributed by atoms with Crippen LogP contribution in [0.15, 0.2) is 0 Å². The molecule has 5 nitrogen and oxygen atoms in total. The molecule has 2 atom stereocenters. The fourth-order valence-electron chi connectivity index (χ4n) is 2.52. The average molecular weight is 227 g/mol. The Balaban J connectivity index is 2.18. The number of urea groups is 1. The standard InChI is InChI=1S/C11H21N3O2/c1-11(2,3)14-6-9-8(7-15)12-4-5-13(9)10(14)16/h8-9,12,15H,4-7H2,1-3H3/t8-,9+/m0/s1. The van der Waals surface area contributed by atoms with Crippen LogP contribution < -0.4 is 5.32 Å². The van der Waals surface area contributed by atoms with Gasteiger partial charge in [-0.25, -0.2) is 4.79 Å². The zero-order valence-electron chi connectivity index (χ0n) is 10.2. The van der Waals surface area contributed by atoms with Crippen LogP contribution >= 0.6 is 0 Å². The minimum Gasteiger partial charge on any atom is -0.395 e. The molecule has 0 aromatic carbocycles. The molecule has 0 spiro atoms. The SMILES string of the molecule is CC(C)(C)N1C[C@@H]2[C@H](CO)NCCN2C1=O. The molecule has 2 aliphatic rings. The lowest BCUT2D eigenvalue weighted by Crippen LogP contribution is -2.58. The third-order valence-electron chi connectivity index (χ3n) is 3.48. The molecule has 0 saturated carbocycles. The number of aliphatic hydroxyl groups is 1. The van der Waals surface area contributed by atoms with E-state index < -0.39 is 0 Å². The molecule has 2 fully saturated rings. The van der Waals surface area contributed by atoms with Gasteiger partial charge in [0.1, 0.15) is 0 Å². The first-order valence-corrected chi connectivity index (χ1v) is 5.87. The number of carbonyl (C=O) groups excluding carboxylic acids is 1. The van der Waals surface area contributed by atoms with Crippen molar-refractivity contribution in [3.63, 3.8) is 0 Å². The van der Waals surface area contributed by atoms with E-state index in [1.165, 1.54) is 0 Å². The highest BCUT2D eigenvalue weighted by Crippen LogP contribution is 2.27. The van der Waals surface area contributed by atoms with E-state index in [0.717, 1.165) is 13.1 Å². The van der Waals surface area contributed by atoms with Crippen molar-refractivity contribution < 1.29 is 9.90 Å². The Bertz CT molecular complexity index is 287. The van der Waals surface area contributed by atoms with Gasteiger partial charge >= 0.3 is 6.03 Å². The van der Waals surface area contributed by atoms with Crippen LogP contribution in [0.5, 0.6) is 0 Å². The van der Waals surface area contributed by atoms with Crippen LogP contribution in [0, 0.1) is 0 Å². The van der Waals surface area contributed by atoms with E-state index in [1.54, 1.807) is 0 Å². The maximum atomic E-state index is 12.2. The van der Waals surface area contributed by atoms with Crippen LogP contribution in [-0.2, 0) is 0 Å². The van der Waals surface area contributed by atoms with Gasteiger partial charge in [0.2, 0.25) is 0 Å². The van der Waals surface area contributed by atoms with Crippen molar-refractivity contribution in [3.05, 3.63) is 0 Å². The lowest BCUT2D eigenvalue weighted by molar-refractivity contribution is 0.130. The highest BCUT2D eigenvalue weighted by molar-refractivity contribution is 5.78. The monoisotopic (exact) mass is 227 g/mol. The molecule has 2 saturated heterocycles. The van der Waals surface area contributed by atoms with Gasteiger partial charge in [0.05, 0.1) is 18.7 Å². The van der Waals surface area contributed by atoms with Crippen molar-refractivity contribution in [1.29, 1.82) is 0 Å². The largest absolute Gasteiger partial charge is 0.395 e. The molecule has 0 radical (unpaired) electrons. The number of rotatable bonds is 1. The van der Waals surface area contributed by atoms with Crippen molar-refractivity contribution in [2.75, 3.05) is 26.2 Å². The van der Waals surface area contributed by atoms with Gasteiger partial charge in [0, 0.05) is 25.2 Å². The molecule has 92 valence electrons. The van der Waals surface area contributed by atoms with Crippen molar-refractivity contribution in [3.8, 4) is 0 Å². The summed E-state index contributed by atoms with van der Waals surface area (Å²) in [5, 5.41) is 12.6. The molecule has 0 aromatic heterocycles. The first kappa shape index (κ1) is 11.7. The molecular weight excluding hydrogens is 206 g/mol. The summed E-state index contributed by atoms with van der Waals surface area (Å²) in [5.74, 6) is 0. The van der Waals surface area contributed by atoms with Crippen molar-refractivity contribution in [2.24, 2.45) is 0 Å². The maximum Gasteiger partial charge on any atom is 0.320 e. The van der Waals surface area contributed by atoms with E-state index in [2.05, 4.69) is 5.32 Å². The zero-order chi connectivity index (χ0) is 11.9. The summed E-state index contributed by atoms with van der Waals surface area (Å²) in [7, 11) is 0. The van der Waals surface area contributed by atoms with E-state index in [1.807, 2.05) is 30.6 Å². The van der Waals surface area contributed by atoms with Gasteiger partial charge in [-0.2, -0.15) is 0 Å². The van der Waals surface area contributed by atoms with E-state index in [0.29, 0.717) is 6.54 Å². The topological polar surface area (TPSA) is 55.8 Å². The second-order valence-electron chi connectivity index (χ2n) is 5.57. The van der Waals surface area contributed by atoms with E-state index in [4.69, 9.17) is 0 Å². The number of carbonyl (C=O) groups is 1.